The lowest BCUT2D eigenvalue weighted by Crippen LogP contribution is -2.03. The van der Waals surface area contributed by atoms with Crippen molar-refractivity contribution in [2.45, 2.75) is 19.3 Å². The molecule has 0 aliphatic heterocycles. The molecule has 0 bridgehead atoms. The largest absolute Gasteiger partial charge is 0.478 e. The van der Waals surface area contributed by atoms with Gasteiger partial charge in [0, 0.05) is 23.3 Å². The van der Waals surface area contributed by atoms with Crippen molar-refractivity contribution in [1.82, 2.24) is 0 Å². The molecule has 0 amide bonds. The third kappa shape index (κ3) is 4.75. The second-order valence-corrected chi connectivity index (χ2v) is 4.57. The highest BCUT2D eigenvalue weighted by Gasteiger charge is 2.07. The first-order valence-electron chi connectivity index (χ1n) is 5.52. The average Bonchev–Trinajstić information content (AvgIpc) is 2.28. The van der Waals surface area contributed by atoms with Crippen LogP contribution in [-0.2, 0) is 0 Å². The number of nitrogens with one attached hydrogen (secondary N) is 1. The molecule has 0 saturated carbocycles. The Labute approximate surface area is 109 Å². The van der Waals surface area contributed by atoms with Gasteiger partial charge in [0.25, 0.3) is 0 Å². The summed E-state index contributed by atoms with van der Waals surface area (Å²) in [6, 6.07) is 5.08. The van der Waals surface area contributed by atoms with E-state index in [2.05, 4.69) is 21.2 Å². The summed E-state index contributed by atoms with van der Waals surface area (Å²) in [5, 5.41) is 20.7. The summed E-state index contributed by atoms with van der Waals surface area (Å²) in [6.45, 7) is 1.05. The summed E-state index contributed by atoms with van der Waals surface area (Å²) < 4.78 is 0.574. The van der Waals surface area contributed by atoms with E-state index in [1.807, 2.05) is 0 Å². The topological polar surface area (TPSA) is 69.6 Å². The number of carboxylic acids is 1. The van der Waals surface area contributed by atoms with Gasteiger partial charge in [-0.05, 0) is 53.4 Å². The minimum atomic E-state index is -0.939. The van der Waals surface area contributed by atoms with E-state index in [4.69, 9.17) is 10.2 Å². The van der Waals surface area contributed by atoms with Crippen LogP contribution in [0.5, 0.6) is 0 Å². The Bertz CT molecular complexity index is 382. The molecular formula is C12H16BrNO3. The van der Waals surface area contributed by atoms with E-state index in [-0.39, 0.29) is 12.2 Å². The number of halogens is 1. The molecule has 0 heterocycles. The van der Waals surface area contributed by atoms with Crippen LogP contribution in [-0.4, -0.2) is 29.3 Å². The molecule has 3 N–H and O–H groups in total. The highest BCUT2D eigenvalue weighted by Crippen LogP contribution is 2.21. The van der Waals surface area contributed by atoms with Crippen LogP contribution in [0.25, 0.3) is 0 Å². The van der Waals surface area contributed by atoms with E-state index in [0.29, 0.717) is 4.47 Å². The molecule has 0 fully saturated rings. The minimum Gasteiger partial charge on any atom is -0.478 e. The Morgan fingerprint density at radius 2 is 2.06 bits per heavy atom. The number of hydrogen-bond acceptors (Lipinski definition) is 3. The number of unbranched alkanes of at least 4 members (excludes halogenated alkanes) is 2. The summed E-state index contributed by atoms with van der Waals surface area (Å²) >= 11 is 3.23. The molecule has 1 aromatic rings. The maximum atomic E-state index is 10.8. The van der Waals surface area contributed by atoms with Crippen LogP contribution < -0.4 is 5.32 Å². The quantitative estimate of drug-likeness (QED) is 0.677. The number of rotatable bonds is 7. The Morgan fingerprint density at radius 3 is 2.65 bits per heavy atom. The van der Waals surface area contributed by atoms with E-state index in [0.717, 1.165) is 31.5 Å². The fraction of sp³-hybridized carbons (Fsp3) is 0.417. The number of carboxylic acid groups (broad SMARTS) is 1. The van der Waals surface area contributed by atoms with Crippen LogP contribution in [0.4, 0.5) is 5.69 Å². The van der Waals surface area contributed by atoms with Gasteiger partial charge in [-0.2, -0.15) is 0 Å². The number of carbonyl (C=O) groups is 1. The van der Waals surface area contributed by atoms with Crippen molar-refractivity contribution >= 4 is 27.6 Å². The highest BCUT2D eigenvalue weighted by molar-refractivity contribution is 9.10. The van der Waals surface area contributed by atoms with E-state index in [9.17, 15) is 4.79 Å². The number of aliphatic hydroxyl groups excluding tert-OH is 1. The van der Waals surface area contributed by atoms with Crippen molar-refractivity contribution in [3.8, 4) is 0 Å². The fourth-order valence-electron chi connectivity index (χ4n) is 1.44. The van der Waals surface area contributed by atoms with Crippen molar-refractivity contribution in [2.24, 2.45) is 0 Å². The van der Waals surface area contributed by atoms with Gasteiger partial charge in [-0.1, -0.05) is 0 Å². The van der Waals surface area contributed by atoms with Gasteiger partial charge in [0.15, 0.2) is 0 Å². The Kier molecular flexibility index (Phi) is 6.00. The molecule has 0 aliphatic carbocycles. The fourth-order valence-corrected chi connectivity index (χ4v) is 1.99. The summed E-state index contributed by atoms with van der Waals surface area (Å²) in [4.78, 5) is 10.8. The molecule has 0 spiro atoms. The molecule has 0 unspecified atom stereocenters. The number of benzene rings is 1. The van der Waals surface area contributed by atoms with Crippen LogP contribution in [0.1, 0.15) is 29.6 Å². The Morgan fingerprint density at radius 1 is 1.29 bits per heavy atom. The van der Waals surface area contributed by atoms with Crippen LogP contribution in [0.3, 0.4) is 0 Å². The van der Waals surface area contributed by atoms with Crippen molar-refractivity contribution in [2.75, 3.05) is 18.5 Å². The van der Waals surface area contributed by atoms with Crippen molar-refractivity contribution in [3.05, 3.63) is 28.2 Å². The molecule has 4 nitrogen and oxygen atoms in total. The minimum absolute atomic E-state index is 0.235. The normalized spacial score (nSPS) is 10.2. The lowest BCUT2D eigenvalue weighted by Gasteiger charge is -2.07. The molecule has 1 aromatic carbocycles. The lowest BCUT2D eigenvalue weighted by molar-refractivity contribution is 0.0696. The van der Waals surface area contributed by atoms with E-state index in [1.54, 1.807) is 18.2 Å². The molecule has 0 aliphatic rings. The zero-order chi connectivity index (χ0) is 12.7. The predicted octanol–water partition coefficient (Wildman–Crippen LogP) is 2.72. The van der Waals surface area contributed by atoms with Crippen molar-refractivity contribution < 1.29 is 15.0 Å². The van der Waals surface area contributed by atoms with Crippen LogP contribution in [0.15, 0.2) is 22.7 Å². The molecular weight excluding hydrogens is 286 g/mol. The van der Waals surface area contributed by atoms with Gasteiger partial charge in [-0.3, -0.25) is 0 Å². The van der Waals surface area contributed by atoms with Gasteiger partial charge in [0.1, 0.15) is 0 Å². The summed E-state index contributed by atoms with van der Waals surface area (Å²) in [7, 11) is 0. The van der Waals surface area contributed by atoms with E-state index < -0.39 is 5.97 Å². The van der Waals surface area contributed by atoms with Crippen LogP contribution in [0, 0.1) is 0 Å². The Hall–Kier alpha value is -1.07. The second-order valence-electron chi connectivity index (χ2n) is 3.71. The zero-order valence-corrected chi connectivity index (χ0v) is 11.0. The van der Waals surface area contributed by atoms with Gasteiger partial charge >= 0.3 is 5.97 Å². The van der Waals surface area contributed by atoms with Gasteiger partial charge < -0.3 is 15.5 Å². The zero-order valence-electron chi connectivity index (χ0n) is 9.45. The standard InChI is InChI=1S/C12H16BrNO3/c13-11-8-9(4-5-10(11)12(16)17)14-6-2-1-3-7-15/h4-5,8,14-15H,1-3,6-7H2,(H,16,17). The molecule has 5 heteroatoms. The predicted molar refractivity (Wildman–Crippen MR) is 70.5 cm³/mol. The summed E-state index contributed by atoms with van der Waals surface area (Å²) in [5.74, 6) is -0.939. The van der Waals surface area contributed by atoms with E-state index >= 15 is 0 Å². The van der Waals surface area contributed by atoms with Crippen LogP contribution in [0.2, 0.25) is 0 Å². The lowest BCUT2D eigenvalue weighted by atomic mass is 10.2. The highest BCUT2D eigenvalue weighted by atomic mass is 79.9. The maximum Gasteiger partial charge on any atom is 0.336 e. The first-order chi connectivity index (χ1) is 8.15. The maximum absolute atomic E-state index is 10.8. The number of anilines is 1. The monoisotopic (exact) mass is 301 g/mol. The Balaban J connectivity index is 2.45. The third-order valence-electron chi connectivity index (χ3n) is 2.36. The summed E-state index contributed by atoms with van der Waals surface area (Å²) in [6.07, 6.45) is 2.79. The molecule has 94 valence electrons. The van der Waals surface area contributed by atoms with Gasteiger partial charge in [0.2, 0.25) is 0 Å². The van der Waals surface area contributed by atoms with Crippen molar-refractivity contribution in [1.29, 1.82) is 0 Å². The van der Waals surface area contributed by atoms with Crippen LogP contribution >= 0.6 is 15.9 Å². The first-order valence-corrected chi connectivity index (χ1v) is 6.32. The SMILES string of the molecule is O=C(O)c1ccc(NCCCCCO)cc1Br. The second kappa shape index (κ2) is 7.29. The van der Waals surface area contributed by atoms with E-state index in [1.165, 1.54) is 0 Å². The molecule has 17 heavy (non-hydrogen) atoms. The first kappa shape index (κ1) is 14.0. The average molecular weight is 302 g/mol. The molecule has 0 aromatic heterocycles. The third-order valence-corrected chi connectivity index (χ3v) is 3.02. The number of hydrogen-bond donors (Lipinski definition) is 3. The number of aromatic carboxylic acids is 1. The molecule has 0 atom stereocenters. The molecule has 1 rings (SSSR count). The number of aliphatic hydroxyl groups is 1. The molecule has 0 saturated heterocycles. The van der Waals surface area contributed by atoms with Crippen molar-refractivity contribution in [3.63, 3.8) is 0 Å². The van der Waals surface area contributed by atoms with Gasteiger partial charge in [-0.15, -0.1) is 0 Å². The summed E-state index contributed by atoms with van der Waals surface area (Å²) in [5.41, 5.74) is 1.15. The smallest absolute Gasteiger partial charge is 0.336 e. The van der Waals surface area contributed by atoms with Gasteiger partial charge in [-0.25, -0.2) is 4.79 Å². The molecule has 0 radical (unpaired) electrons. The van der Waals surface area contributed by atoms with Gasteiger partial charge in [0.05, 0.1) is 5.56 Å².